The molecule has 0 unspecified atom stereocenters. The van der Waals surface area contributed by atoms with Crippen molar-refractivity contribution in [1.29, 1.82) is 0 Å². The van der Waals surface area contributed by atoms with Crippen LogP contribution in [0.15, 0.2) is 42.7 Å². The molecule has 0 radical (unpaired) electrons. The molecule has 2 heteroatoms. The minimum absolute atomic E-state index is 0.368. The van der Waals surface area contributed by atoms with Gasteiger partial charge in [0.15, 0.2) is 0 Å². The Morgan fingerprint density at radius 3 is 2.33 bits per heavy atom. The molecule has 1 aliphatic heterocycles. The molecule has 1 aliphatic rings. The highest BCUT2D eigenvalue weighted by atomic mass is 15.1. The van der Waals surface area contributed by atoms with E-state index in [9.17, 15) is 0 Å². The molecule has 1 heterocycles. The van der Waals surface area contributed by atoms with E-state index in [-0.39, 0.29) is 0 Å². The monoisotopic (exact) mass is 160 g/mol. The number of benzene rings is 1. The number of hydrogen-bond donors (Lipinski definition) is 2. The van der Waals surface area contributed by atoms with Crippen LogP contribution in [0.1, 0.15) is 5.56 Å². The Hall–Kier alpha value is -1.44. The van der Waals surface area contributed by atoms with Gasteiger partial charge in [-0.15, -0.1) is 0 Å². The fourth-order valence-corrected chi connectivity index (χ4v) is 1.34. The summed E-state index contributed by atoms with van der Waals surface area (Å²) in [5.41, 5.74) is 1.35. The minimum atomic E-state index is 0.368. The Balaban J connectivity index is 1.95. The third-order valence-corrected chi connectivity index (χ3v) is 1.96. The lowest BCUT2D eigenvalue weighted by atomic mass is 10.1. The second kappa shape index (κ2) is 3.30. The molecule has 62 valence electrons. The van der Waals surface area contributed by atoms with Crippen molar-refractivity contribution in [3.05, 3.63) is 48.3 Å². The van der Waals surface area contributed by atoms with Crippen LogP contribution >= 0.6 is 0 Å². The van der Waals surface area contributed by atoms with Crippen molar-refractivity contribution < 1.29 is 0 Å². The maximum Gasteiger partial charge on any atom is 0.0997 e. The van der Waals surface area contributed by atoms with E-state index in [2.05, 4.69) is 34.9 Å². The molecule has 2 rings (SSSR count). The topological polar surface area (TPSA) is 24.1 Å². The average Bonchev–Trinajstić information content (AvgIpc) is 2.59. The summed E-state index contributed by atoms with van der Waals surface area (Å²) in [5, 5.41) is 6.43. The molecule has 2 N–H and O–H groups in total. The second-order valence-electron chi connectivity index (χ2n) is 2.91. The highest BCUT2D eigenvalue weighted by Gasteiger charge is 2.07. The van der Waals surface area contributed by atoms with E-state index >= 15 is 0 Å². The molecule has 0 aliphatic carbocycles. The predicted molar refractivity (Wildman–Crippen MR) is 49.3 cm³/mol. The van der Waals surface area contributed by atoms with Gasteiger partial charge in [-0.25, -0.2) is 0 Å². The lowest BCUT2D eigenvalue weighted by Gasteiger charge is -2.11. The summed E-state index contributed by atoms with van der Waals surface area (Å²) in [6.07, 6.45) is 5.27. The molecule has 0 spiro atoms. The van der Waals surface area contributed by atoms with Gasteiger partial charge in [-0.3, -0.25) is 0 Å². The van der Waals surface area contributed by atoms with Crippen LogP contribution in [0.4, 0.5) is 0 Å². The van der Waals surface area contributed by atoms with Crippen LogP contribution in [-0.4, -0.2) is 6.17 Å². The van der Waals surface area contributed by atoms with E-state index in [0.717, 1.165) is 6.42 Å². The average molecular weight is 160 g/mol. The number of rotatable bonds is 2. The third kappa shape index (κ3) is 1.59. The Kier molecular flexibility index (Phi) is 1.99. The zero-order valence-corrected chi connectivity index (χ0v) is 6.83. The summed E-state index contributed by atoms with van der Waals surface area (Å²) in [7, 11) is 0. The molecule has 0 amide bonds. The van der Waals surface area contributed by atoms with Crippen LogP contribution in [-0.2, 0) is 6.42 Å². The zero-order valence-electron chi connectivity index (χ0n) is 6.83. The first-order valence-electron chi connectivity index (χ1n) is 4.16. The number of hydrogen-bond acceptors (Lipinski definition) is 2. The summed E-state index contributed by atoms with van der Waals surface area (Å²) in [6.45, 7) is 0. The summed E-state index contributed by atoms with van der Waals surface area (Å²) in [6, 6.07) is 10.5. The summed E-state index contributed by atoms with van der Waals surface area (Å²) < 4.78 is 0. The Bertz CT molecular complexity index is 258. The summed E-state index contributed by atoms with van der Waals surface area (Å²) in [5.74, 6) is 0. The van der Waals surface area contributed by atoms with Gasteiger partial charge >= 0.3 is 0 Å². The fourth-order valence-electron chi connectivity index (χ4n) is 1.34. The van der Waals surface area contributed by atoms with Crippen LogP contribution in [0.3, 0.4) is 0 Å². The molecule has 0 fully saturated rings. The Morgan fingerprint density at radius 2 is 1.67 bits per heavy atom. The van der Waals surface area contributed by atoms with E-state index in [1.165, 1.54) is 5.56 Å². The molecule has 2 nitrogen and oxygen atoms in total. The van der Waals surface area contributed by atoms with E-state index in [1.807, 2.05) is 18.5 Å². The Morgan fingerprint density at radius 1 is 1.00 bits per heavy atom. The van der Waals surface area contributed by atoms with Gasteiger partial charge in [-0.1, -0.05) is 30.3 Å². The first-order valence-corrected chi connectivity index (χ1v) is 4.16. The van der Waals surface area contributed by atoms with Gasteiger partial charge in [0.2, 0.25) is 0 Å². The Labute approximate surface area is 72.3 Å². The van der Waals surface area contributed by atoms with Crippen LogP contribution in [0, 0.1) is 0 Å². The molecule has 1 aromatic rings. The first kappa shape index (κ1) is 7.22. The summed E-state index contributed by atoms with van der Waals surface area (Å²) >= 11 is 0. The highest BCUT2D eigenvalue weighted by Crippen LogP contribution is 2.02. The lowest BCUT2D eigenvalue weighted by molar-refractivity contribution is 0.568. The molecule has 0 bridgehead atoms. The van der Waals surface area contributed by atoms with Crippen molar-refractivity contribution in [1.82, 2.24) is 10.6 Å². The van der Waals surface area contributed by atoms with E-state index in [1.54, 1.807) is 0 Å². The third-order valence-electron chi connectivity index (χ3n) is 1.96. The van der Waals surface area contributed by atoms with Crippen molar-refractivity contribution in [2.24, 2.45) is 0 Å². The molecule has 0 saturated carbocycles. The van der Waals surface area contributed by atoms with Crippen molar-refractivity contribution in [3.63, 3.8) is 0 Å². The van der Waals surface area contributed by atoms with E-state index < -0.39 is 0 Å². The van der Waals surface area contributed by atoms with E-state index in [4.69, 9.17) is 0 Å². The van der Waals surface area contributed by atoms with Crippen molar-refractivity contribution in [3.8, 4) is 0 Å². The minimum Gasteiger partial charge on any atom is -0.370 e. The molecular weight excluding hydrogens is 148 g/mol. The number of nitrogens with one attached hydrogen (secondary N) is 2. The van der Waals surface area contributed by atoms with Crippen LogP contribution < -0.4 is 10.6 Å². The van der Waals surface area contributed by atoms with E-state index in [0.29, 0.717) is 6.17 Å². The van der Waals surface area contributed by atoms with Gasteiger partial charge in [-0.2, -0.15) is 0 Å². The van der Waals surface area contributed by atoms with Crippen LogP contribution in [0.5, 0.6) is 0 Å². The normalized spacial score (nSPS) is 15.7. The quantitative estimate of drug-likeness (QED) is 0.679. The molecule has 0 saturated heterocycles. The smallest absolute Gasteiger partial charge is 0.0997 e. The molecule has 0 aromatic heterocycles. The van der Waals surface area contributed by atoms with Crippen molar-refractivity contribution >= 4 is 0 Å². The lowest BCUT2D eigenvalue weighted by Crippen LogP contribution is -2.32. The molecule has 0 atom stereocenters. The van der Waals surface area contributed by atoms with Gasteiger partial charge in [0, 0.05) is 18.8 Å². The standard InChI is InChI=1S/C10H12N2/c1-2-4-9(5-3-1)8-10-11-6-7-12-10/h1-7,10-12H,8H2. The fraction of sp³-hybridized carbons (Fsp3) is 0.200. The first-order chi connectivity index (χ1) is 5.95. The maximum absolute atomic E-state index is 3.21. The maximum atomic E-state index is 3.21. The largest absolute Gasteiger partial charge is 0.370 e. The SMILES string of the molecule is C1=CNC(Cc2ccccc2)N1. The van der Waals surface area contributed by atoms with Gasteiger partial charge in [0.05, 0.1) is 6.17 Å². The van der Waals surface area contributed by atoms with Gasteiger partial charge in [0.1, 0.15) is 0 Å². The summed E-state index contributed by atoms with van der Waals surface area (Å²) in [4.78, 5) is 0. The van der Waals surface area contributed by atoms with Crippen molar-refractivity contribution in [2.75, 3.05) is 0 Å². The highest BCUT2D eigenvalue weighted by molar-refractivity contribution is 5.16. The molecule has 12 heavy (non-hydrogen) atoms. The zero-order chi connectivity index (χ0) is 8.23. The predicted octanol–water partition coefficient (Wildman–Crippen LogP) is 1.22. The second-order valence-corrected chi connectivity index (χ2v) is 2.91. The van der Waals surface area contributed by atoms with Gasteiger partial charge < -0.3 is 10.6 Å². The van der Waals surface area contributed by atoms with Gasteiger partial charge in [-0.05, 0) is 5.56 Å². The van der Waals surface area contributed by atoms with Crippen LogP contribution in [0.25, 0.3) is 0 Å². The van der Waals surface area contributed by atoms with Crippen LogP contribution in [0.2, 0.25) is 0 Å². The molecule has 1 aromatic carbocycles. The van der Waals surface area contributed by atoms with Crippen molar-refractivity contribution in [2.45, 2.75) is 12.6 Å². The van der Waals surface area contributed by atoms with Gasteiger partial charge in [0.25, 0.3) is 0 Å². The molecular formula is C10H12N2.